The lowest BCUT2D eigenvalue weighted by Crippen LogP contribution is -2.12. The minimum absolute atomic E-state index is 0.206. The Bertz CT molecular complexity index is 1060. The molecule has 1 aliphatic heterocycles. The molecule has 3 aromatic rings. The summed E-state index contributed by atoms with van der Waals surface area (Å²) in [4.78, 5) is 16.8. The second-order valence-electron chi connectivity index (χ2n) is 5.37. The first-order valence-corrected chi connectivity index (χ1v) is 8.76. The zero-order valence-electron chi connectivity index (χ0n) is 13.2. The average molecular weight is 384 g/mol. The molecule has 1 N–H and O–H groups in total. The quantitative estimate of drug-likeness (QED) is 0.728. The Morgan fingerprint density at radius 1 is 1.23 bits per heavy atom. The lowest BCUT2D eigenvalue weighted by Gasteiger charge is -2.04. The molecule has 6 nitrogen and oxygen atoms in total. The second-order valence-corrected chi connectivity index (χ2v) is 6.63. The number of benzene rings is 2. The lowest BCUT2D eigenvalue weighted by atomic mass is 10.2. The molecule has 0 saturated carbocycles. The Morgan fingerprint density at radius 2 is 2.08 bits per heavy atom. The predicted octanol–water partition coefficient (Wildman–Crippen LogP) is 4.32. The molecule has 8 heteroatoms. The zero-order valence-corrected chi connectivity index (χ0v) is 14.7. The number of nitrogens with one attached hydrogen (secondary N) is 1. The number of nitrogens with zero attached hydrogens (tertiary/aromatic N) is 2. The van der Waals surface area contributed by atoms with Crippen LogP contribution in [0.1, 0.15) is 16.1 Å². The van der Waals surface area contributed by atoms with E-state index < -0.39 is 0 Å². The smallest absolute Gasteiger partial charge is 0.275 e. The third-order valence-corrected chi connectivity index (χ3v) is 4.91. The fraction of sp³-hybridized carbons (Fsp3) is 0.0556. The molecule has 128 valence electrons. The van der Waals surface area contributed by atoms with Crippen molar-refractivity contribution in [3.8, 4) is 28.1 Å². The number of nitriles is 1. The summed E-state index contributed by atoms with van der Waals surface area (Å²) in [5.74, 6) is 1.01. The summed E-state index contributed by atoms with van der Waals surface area (Å²) in [7, 11) is 0. The summed E-state index contributed by atoms with van der Waals surface area (Å²) in [5.41, 5.74) is 1.99. The van der Waals surface area contributed by atoms with Crippen molar-refractivity contribution in [2.75, 3.05) is 12.1 Å². The monoisotopic (exact) mass is 383 g/mol. The van der Waals surface area contributed by atoms with Gasteiger partial charge in [-0.25, -0.2) is 4.98 Å². The van der Waals surface area contributed by atoms with Crippen LogP contribution in [0, 0.1) is 11.3 Å². The minimum atomic E-state index is -0.353. The van der Waals surface area contributed by atoms with Crippen molar-refractivity contribution in [3.63, 3.8) is 0 Å². The molecule has 0 unspecified atom stereocenters. The van der Waals surface area contributed by atoms with Crippen LogP contribution in [0.15, 0.2) is 41.8 Å². The topological polar surface area (TPSA) is 84.2 Å². The normalized spacial score (nSPS) is 11.8. The molecule has 0 spiro atoms. The van der Waals surface area contributed by atoms with E-state index in [2.05, 4.69) is 10.3 Å². The molecule has 26 heavy (non-hydrogen) atoms. The van der Waals surface area contributed by atoms with Crippen LogP contribution in [0.5, 0.6) is 11.5 Å². The molecule has 2 aromatic carbocycles. The Balaban J connectivity index is 1.53. The molecule has 0 bridgehead atoms. The van der Waals surface area contributed by atoms with Gasteiger partial charge >= 0.3 is 0 Å². The number of halogens is 1. The maximum atomic E-state index is 12.4. The van der Waals surface area contributed by atoms with E-state index in [1.54, 1.807) is 17.5 Å². The van der Waals surface area contributed by atoms with Crippen molar-refractivity contribution in [3.05, 3.63) is 58.1 Å². The fourth-order valence-corrected chi connectivity index (χ4v) is 3.44. The number of carbonyl (C=O) groups excluding carboxylic acids is 1. The minimum Gasteiger partial charge on any atom is -0.454 e. The van der Waals surface area contributed by atoms with Gasteiger partial charge in [-0.2, -0.15) is 5.26 Å². The molecule has 4 rings (SSSR count). The van der Waals surface area contributed by atoms with Crippen LogP contribution in [-0.4, -0.2) is 17.7 Å². The molecule has 0 aliphatic carbocycles. The van der Waals surface area contributed by atoms with Crippen LogP contribution in [-0.2, 0) is 0 Å². The van der Waals surface area contributed by atoms with Gasteiger partial charge < -0.3 is 14.8 Å². The van der Waals surface area contributed by atoms with Crippen molar-refractivity contribution in [1.82, 2.24) is 4.98 Å². The number of ether oxygens (including phenoxy) is 2. The van der Waals surface area contributed by atoms with Gasteiger partial charge in [-0.1, -0.05) is 11.6 Å². The standard InChI is InChI=1S/C18H10ClN3O3S/c19-13-6-12(3-1-11(13)7-20)21-17(23)14-8-26-18(22-14)10-2-4-15-16(5-10)25-9-24-15/h1-6,8H,9H2,(H,21,23). The summed E-state index contributed by atoms with van der Waals surface area (Å²) in [6, 6.07) is 12.2. The van der Waals surface area contributed by atoms with Gasteiger partial charge in [0.15, 0.2) is 11.5 Å². The number of thiazole rings is 1. The number of rotatable bonds is 3. The maximum absolute atomic E-state index is 12.4. The first-order chi connectivity index (χ1) is 12.6. The summed E-state index contributed by atoms with van der Waals surface area (Å²) in [6.45, 7) is 0.206. The van der Waals surface area contributed by atoms with Gasteiger partial charge in [-0.3, -0.25) is 4.79 Å². The van der Waals surface area contributed by atoms with Gasteiger partial charge in [0.1, 0.15) is 16.8 Å². The highest BCUT2D eigenvalue weighted by Crippen LogP contribution is 2.36. The van der Waals surface area contributed by atoms with Crippen LogP contribution in [0.2, 0.25) is 5.02 Å². The molecule has 1 amide bonds. The van der Waals surface area contributed by atoms with Gasteiger partial charge in [0.25, 0.3) is 5.91 Å². The molecule has 0 fully saturated rings. The van der Waals surface area contributed by atoms with E-state index in [-0.39, 0.29) is 17.7 Å². The number of amides is 1. The molecule has 0 atom stereocenters. The van der Waals surface area contributed by atoms with Crippen LogP contribution < -0.4 is 14.8 Å². The van der Waals surface area contributed by atoms with Gasteiger partial charge in [0.2, 0.25) is 6.79 Å². The summed E-state index contributed by atoms with van der Waals surface area (Å²) >= 11 is 7.34. The molecular weight excluding hydrogens is 374 g/mol. The van der Waals surface area contributed by atoms with Crippen molar-refractivity contribution in [2.24, 2.45) is 0 Å². The number of aromatic nitrogens is 1. The van der Waals surface area contributed by atoms with Crippen molar-refractivity contribution in [2.45, 2.75) is 0 Å². The molecular formula is C18H10ClN3O3S. The van der Waals surface area contributed by atoms with E-state index >= 15 is 0 Å². The Hall–Kier alpha value is -3.08. The largest absolute Gasteiger partial charge is 0.454 e. The van der Waals surface area contributed by atoms with E-state index in [9.17, 15) is 4.79 Å². The van der Waals surface area contributed by atoms with E-state index in [0.29, 0.717) is 33.5 Å². The van der Waals surface area contributed by atoms with Crippen LogP contribution in [0.25, 0.3) is 10.6 Å². The average Bonchev–Trinajstić information content (AvgIpc) is 3.30. The molecule has 1 aromatic heterocycles. The summed E-state index contributed by atoms with van der Waals surface area (Å²) in [6.07, 6.45) is 0. The molecule has 2 heterocycles. The van der Waals surface area contributed by atoms with Gasteiger partial charge in [0, 0.05) is 16.6 Å². The third-order valence-electron chi connectivity index (χ3n) is 3.70. The van der Waals surface area contributed by atoms with Crippen molar-refractivity contribution < 1.29 is 14.3 Å². The number of hydrogen-bond acceptors (Lipinski definition) is 6. The third kappa shape index (κ3) is 3.08. The number of fused-ring (bicyclic) bond motifs is 1. The second kappa shape index (κ2) is 6.67. The number of hydrogen-bond donors (Lipinski definition) is 1. The highest BCUT2D eigenvalue weighted by atomic mass is 35.5. The number of anilines is 1. The Kier molecular flexibility index (Phi) is 4.21. The van der Waals surface area contributed by atoms with Gasteiger partial charge in [-0.05, 0) is 36.4 Å². The first-order valence-electron chi connectivity index (χ1n) is 7.50. The fourth-order valence-electron chi connectivity index (χ4n) is 2.42. The van der Waals surface area contributed by atoms with E-state index in [1.165, 1.54) is 17.4 Å². The van der Waals surface area contributed by atoms with Crippen LogP contribution in [0.4, 0.5) is 5.69 Å². The molecule has 0 radical (unpaired) electrons. The number of carbonyl (C=O) groups is 1. The van der Waals surface area contributed by atoms with Crippen LogP contribution in [0.3, 0.4) is 0 Å². The Labute approximate surface area is 157 Å². The van der Waals surface area contributed by atoms with E-state index in [1.807, 2.05) is 24.3 Å². The van der Waals surface area contributed by atoms with Crippen molar-refractivity contribution in [1.29, 1.82) is 5.26 Å². The first kappa shape index (κ1) is 16.4. The predicted molar refractivity (Wildman–Crippen MR) is 97.8 cm³/mol. The highest BCUT2D eigenvalue weighted by molar-refractivity contribution is 7.13. The maximum Gasteiger partial charge on any atom is 0.275 e. The summed E-state index contributed by atoms with van der Waals surface area (Å²) in [5, 5.41) is 14.3. The highest BCUT2D eigenvalue weighted by Gasteiger charge is 2.17. The van der Waals surface area contributed by atoms with E-state index in [0.717, 1.165) is 5.56 Å². The zero-order chi connectivity index (χ0) is 18.1. The van der Waals surface area contributed by atoms with Gasteiger partial charge in [0.05, 0.1) is 10.6 Å². The summed E-state index contributed by atoms with van der Waals surface area (Å²) < 4.78 is 10.7. The molecule has 0 saturated heterocycles. The molecule has 1 aliphatic rings. The van der Waals surface area contributed by atoms with Gasteiger partial charge in [-0.15, -0.1) is 11.3 Å². The Morgan fingerprint density at radius 3 is 2.88 bits per heavy atom. The van der Waals surface area contributed by atoms with Crippen LogP contribution >= 0.6 is 22.9 Å². The SMILES string of the molecule is N#Cc1ccc(NC(=O)c2csc(-c3ccc4c(c3)OCO4)n2)cc1Cl. The lowest BCUT2D eigenvalue weighted by molar-refractivity contribution is 0.102. The van der Waals surface area contributed by atoms with E-state index in [4.69, 9.17) is 26.3 Å². The van der Waals surface area contributed by atoms with Crippen molar-refractivity contribution >= 4 is 34.5 Å².